The number of benzene rings is 3. The molecule has 0 saturated carbocycles. The third-order valence-electron chi connectivity index (χ3n) is 5.38. The van der Waals surface area contributed by atoms with Gasteiger partial charge in [-0.2, -0.15) is 0 Å². The van der Waals surface area contributed by atoms with Crippen molar-refractivity contribution in [3.05, 3.63) is 89.6 Å². The number of aromatic nitrogens is 1. The third-order valence-corrected chi connectivity index (χ3v) is 5.38. The van der Waals surface area contributed by atoms with Crippen LogP contribution < -0.4 is 4.74 Å². The summed E-state index contributed by atoms with van der Waals surface area (Å²) in [5.74, 6) is -2.43. The summed E-state index contributed by atoms with van der Waals surface area (Å²) in [4.78, 5) is 23.7. The average molecular weight is 494 g/mol. The number of hydrogen-bond donors (Lipinski definition) is 1. The predicted octanol–water partition coefficient (Wildman–Crippen LogP) is 6.58. The van der Waals surface area contributed by atoms with Crippen molar-refractivity contribution in [2.75, 3.05) is 0 Å². The van der Waals surface area contributed by atoms with Crippen LogP contribution in [0.4, 0.5) is 13.6 Å². The minimum absolute atomic E-state index is 0.0353. The zero-order chi connectivity index (χ0) is 26.0. The summed E-state index contributed by atoms with van der Waals surface area (Å²) >= 11 is 0. The van der Waals surface area contributed by atoms with Gasteiger partial charge in [0.1, 0.15) is 18.0 Å². The van der Waals surface area contributed by atoms with E-state index in [1.54, 1.807) is 51.1 Å². The Morgan fingerprint density at radius 2 is 1.47 bits per heavy atom. The number of carboxylic acid groups (broad SMARTS) is 1. The summed E-state index contributed by atoms with van der Waals surface area (Å²) in [5.41, 5.74) is 2.33. The lowest BCUT2D eigenvalue weighted by Crippen LogP contribution is -2.28. The molecular formula is C28H25F2NO5. The van der Waals surface area contributed by atoms with Gasteiger partial charge in [0.15, 0.2) is 11.6 Å². The standard InChI is InChI=1S/C28H25F2NO5/c1-28(2,3)36-27(34)31-21(13-20-14-23(29)24(30)15-25(20)31)16-35-22-10-8-19(9-11-22)18-6-4-17(5-7-18)12-26(32)33/h4-11,13-15H,12,16H2,1-3H3,(H,32,33). The highest BCUT2D eigenvalue weighted by atomic mass is 19.2. The summed E-state index contributed by atoms with van der Waals surface area (Å²) in [6.07, 6.45) is -0.754. The van der Waals surface area contributed by atoms with Crippen molar-refractivity contribution < 1.29 is 33.0 Å². The van der Waals surface area contributed by atoms with Crippen LogP contribution in [0.25, 0.3) is 22.0 Å². The monoisotopic (exact) mass is 493 g/mol. The fraction of sp³-hybridized carbons (Fsp3) is 0.214. The third kappa shape index (κ3) is 5.71. The van der Waals surface area contributed by atoms with Crippen molar-refractivity contribution >= 4 is 23.0 Å². The lowest BCUT2D eigenvalue weighted by molar-refractivity contribution is -0.136. The molecule has 0 saturated heterocycles. The zero-order valence-electron chi connectivity index (χ0n) is 20.0. The fourth-order valence-electron chi connectivity index (χ4n) is 3.78. The summed E-state index contributed by atoms with van der Waals surface area (Å²) in [7, 11) is 0. The molecule has 36 heavy (non-hydrogen) atoms. The number of rotatable bonds is 6. The van der Waals surface area contributed by atoms with E-state index in [2.05, 4.69) is 0 Å². The second kappa shape index (κ2) is 9.81. The van der Waals surface area contributed by atoms with Crippen molar-refractivity contribution in [1.82, 2.24) is 4.57 Å². The molecule has 0 bridgehead atoms. The molecule has 186 valence electrons. The molecule has 1 heterocycles. The maximum absolute atomic E-state index is 13.9. The molecule has 0 unspecified atom stereocenters. The summed E-state index contributed by atoms with van der Waals surface area (Å²) in [6, 6.07) is 18.1. The second-order valence-corrected chi connectivity index (χ2v) is 9.36. The predicted molar refractivity (Wildman–Crippen MR) is 131 cm³/mol. The van der Waals surface area contributed by atoms with Gasteiger partial charge in [-0.15, -0.1) is 0 Å². The van der Waals surface area contributed by atoms with Crippen LogP contribution >= 0.6 is 0 Å². The minimum atomic E-state index is -1.07. The van der Waals surface area contributed by atoms with Crippen LogP contribution in [0.1, 0.15) is 32.0 Å². The molecule has 0 spiro atoms. The van der Waals surface area contributed by atoms with E-state index >= 15 is 0 Å². The number of carbonyl (C=O) groups excluding carboxylic acids is 1. The van der Waals surface area contributed by atoms with Crippen molar-refractivity contribution in [1.29, 1.82) is 0 Å². The van der Waals surface area contributed by atoms with Gasteiger partial charge in [0.2, 0.25) is 0 Å². The number of ether oxygens (including phenoxy) is 2. The molecule has 0 radical (unpaired) electrons. The van der Waals surface area contributed by atoms with Crippen LogP contribution in [0.5, 0.6) is 5.75 Å². The number of hydrogen-bond acceptors (Lipinski definition) is 4. The lowest BCUT2D eigenvalue weighted by Gasteiger charge is -2.21. The zero-order valence-corrected chi connectivity index (χ0v) is 20.0. The largest absolute Gasteiger partial charge is 0.487 e. The normalized spacial score (nSPS) is 11.5. The maximum Gasteiger partial charge on any atom is 0.419 e. The van der Waals surface area contributed by atoms with Gasteiger partial charge in [0.05, 0.1) is 17.6 Å². The quantitative estimate of drug-likeness (QED) is 0.328. The Bertz CT molecular complexity index is 1420. The molecule has 6 nitrogen and oxygen atoms in total. The highest BCUT2D eigenvalue weighted by Gasteiger charge is 2.23. The Morgan fingerprint density at radius 3 is 2.06 bits per heavy atom. The molecule has 0 aliphatic rings. The molecule has 0 fully saturated rings. The highest BCUT2D eigenvalue weighted by Crippen LogP contribution is 2.27. The van der Waals surface area contributed by atoms with Crippen LogP contribution in [-0.4, -0.2) is 27.3 Å². The van der Waals surface area contributed by atoms with Crippen molar-refractivity contribution in [2.45, 2.75) is 39.4 Å². The average Bonchev–Trinajstić information content (AvgIpc) is 3.14. The van der Waals surface area contributed by atoms with E-state index in [-0.39, 0.29) is 18.5 Å². The molecule has 0 aliphatic heterocycles. The molecule has 1 N–H and O–H groups in total. The van der Waals surface area contributed by atoms with E-state index in [9.17, 15) is 18.4 Å². The number of halogens is 2. The van der Waals surface area contributed by atoms with Crippen molar-refractivity contribution in [3.63, 3.8) is 0 Å². The number of aliphatic carboxylic acids is 1. The van der Waals surface area contributed by atoms with E-state index in [0.717, 1.165) is 23.3 Å². The van der Waals surface area contributed by atoms with Crippen LogP contribution in [0.2, 0.25) is 0 Å². The van der Waals surface area contributed by atoms with Crippen LogP contribution in [0, 0.1) is 11.6 Å². The first-order valence-electron chi connectivity index (χ1n) is 11.3. The summed E-state index contributed by atoms with van der Waals surface area (Å²) < 4.78 is 40.3. The van der Waals surface area contributed by atoms with Gasteiger partial charge in [-0.25, -0.2) is 18.1 Å². The molecule has 4 rings (SSSR count). The molecule has 4 aromatic rings. The first-order chi connectivity index (χ1) is 17.0. The molecule has 0 aliphatic carbocycles. The molecule has 8 heteroatoms. The lowest BCUT2D eigenvalue weighted by atomic mass is 10.0. The van der Waals surface area contributed by atoms with E-state index in [1.165, 1.54) is 4.57 Å². The van der Waals surface area contributed by atoms with Crippen LogP contribution in [0.15, 0.2) is 66.7 Å². The number of carbonyl (C=O) groups is 2. The Morgan fingerprint density at radius 1 is 0.889 bits per heavy atom. The summed E-state index contributed by atoms with van der Waals surface area (Å²) in [6.45, 7) is 5.11. The number of nitrogens with zero attached hydrogens (tertiary/aromatic N) is 1. The van der Waals surface area contributed by atoms with E-state index < -0.39 is 29.3 Å². The van der Waals surface area contributed by atoms with Gasteiger partial charge in [0.25, 0.3) is 0 Å². The fourth-order valence-corrected chi connectivity index (χ4v) is 3.78. The van der Waals surface area contributed by atoms with Gasteiger partial charge < -0.3 is 14.6 Å². The number of carboxylic acids is 1. The Hall–Kier alpha value is -4.20. The Labute approximate surface area is 206 Å². The van der Waals surface area contributed by atoms with Gasteiger partial charge in [0, 0.05) is 11.5 Å². The number of fused-ring (bicyclic) bond motifs is 1. The van der Waals surface area contributed by atoms with E-state index in [4.69, 9.17) is 14.6 Å². The molecule has 0 amide bonds. The molecule has 1 aromatic heterocycles. The van der Waals surface area contributed by atoms with Crippen LogP contribution in [0.3, 0.4) is 0 Å². The molecule has 3 aromatic carbocycles. The smallest absolute Gasteiger partial charge is 0.419 e. The Kier molecular flexibility index (Phi) is 6.79. The topological polar surface area (TPSA) is 77.8 Å². The highest BCUT2D eigenvalue weighted by molar-refractivity contribution is 5.91. The van der Waals surface area contributed by atoms with Crippen molar-refractivity contribution in [2.24, 2.45) is 0 Å². The van der Waals surface area contributed by atoms with Crippen molar-refractivity contribution in [3.8, 4) is 16.9 Å². The van der Waals surface area contributed by atoms with E-state index in [0.29, 0.717) is 22.4 Å². The maximum atomic E-state index is 13.9. The molecule has 0 atom stereocenters. The van der Waals surface area contributed by atoms with Gasteiger partial charge in [-0.05, 0) is 61.7 Å². The Balaban J connectivity index is 1.55. The second-order valence-electron chi connectivity index (χ2n) is 9.36. The SMILES string of the molecule is CC(C)(C)OC(=O)n1c(COc2ccc(-c3ccc(CC(=O)O)cc3)cc2)cc2cc(F)c(F)cc21. The van der Waals surface area contributed by atoms with Gasteiger partial charge in [-0.1, -0.05) is 36.4 Å². The minimum Gasteiger partial charge on any atom is -0.487 e. The summed E-state index contributed by atoms with van der Waals surface area (Å²) in [5, 5.41) is 9.25. The first kappa shape index (κ1) is 24.9. The molecular weight excluding hydrogens is 468 g/mol. The van der Waals surface area contributed by atoms with E-state index in [1.807, 2.05) is 24.3 Å². The first-order valence-corrected chi connectivity index (χ1v) is 11.3. The van der Waals surface area contributed by atoms with Gasteiger partial charge >= 0.3 is 12.1 Å². The van der Waals surface area contributed by atoms with Crippen LogP contribution in [-0.2, 0) is 22.6 Å². The van der Waals surface area contributed by atoms with Gasteiger partial charge in [-0.3, -0.25) is 4.79 Å².